The van der Waals surface area contributed by atoms with Crippen molar-refractivity contribution in [2.45, 2.75) is 58.4 Å². The molecule has 3 saturated carbocycles. The zero-order valence-electron chi connectivity index (χ0n) is 18.1. The molecule has 2 aromatic rings. The van der Waals surface area contributed by atoms with E-state index < -0.39 is 5.97 Å². The number of hydrogen-bond acceptors (Lipinski definition) is 4. The van der Waals surface area contributed by atoms with Gasteiger partial charge >= 0.3 is 5.97 Å². The fourth-order valence-electron chi connectivity index (χ4n) is 5.57. The largest absolute Gasteiger partial charge is 0.506 e. The van der Waals surface area contributed by atoms with Crippen molar-refractivity contribution in [1.29, 1.82) is 0 Å². The van der Waals surface area contributed by atoms with Crippen LogP contribution < -0.4 is 5.32 Å². The Morgan fingerprint density at radius 2 is 2.06 bits per heavy atom. The summed E-state index contributed by atoms with van der Waals surface area (Å²) < 4.78 is 0.751. The molecule has 3 aliphatic carbocycles. The van der Waals surface area contributed by atoms with Gasteiger partial charge in [0.05, 0.1) is 10.3 Å². The maximum atomic E-state index is 13.2. The summed E-state index contributed by atoms with van der Waals surface area (Å²) in [4.78, 5) is 23.9. The lowest BCUT2D eigenvalue weighted by atomic mass is 9.44. The molecule has 0 saturated heterocycles. The smallest absolute Gasteiger partial charge is 0.303 e. The van der Waals surface area contributed by atoms with Gasteiger partial charge in [-0.3, -0.25) is 9.59 Å². The summed E-state index contributed by atoms with van der Waals surface area (Å²) in [6.07, 6.45) is 9.08. The molecular weight excluding hydrogens is 410 g/mol. The Balaban J connectivity index is 1.46. The third kappa shape index (κ3) is 4.22. The lowest BCUT2D eigenvalue weighted by Gasteiger charge is -2.62. The van der Waals surface area contributed by atoms with E-state index in [0.29, 0.717) is 29.7 Å². The van der Waals surface area contributed by atoms with Crippen LogP contribution in [-0.4, -0.2) is 28.1 Å². The number of phenols is 1. The zero-order chi connectivity index (χ0) is 22.2. The van der Waals surface area contributed by atoms with Crippen LogP contribution in [0.1, 0.15) is 62.7 Å². The predicted molar refractivity (Wildman–Crippen MR) is 123 cm³/mol. The second-order valence-electron chi connectivity index (χ2n) is 9.65. The van der Waals surface area contributed by atoms with Gasteiger partial charge in [0, 0.05) is 23.2 Å². The summed E-state index contributed by atoms with van der Waals surface area (Å²) in [5.41, 5.74) is 0.882. The number of carbonyl (C=O) groups is 2. The molecule has 0 unspecified atom stereocenters. The number of carbonyl (C=O) groups excluding carboxylic acids is 1. The normalized spacial score (nSPS) is 26.6. The fraction of sp³-hybridized carbons (Fsp3) is 0.520. The van der Waals surface area contributed by atoms with Gasteiger partial charge in [-0.05, 0) is 61.3 Å². The number of fused-ring (bicyclic) bond motifs is 3. The van der Waals surface area contributed by atoms with Crippen molar-refractivity contribution >= 4 is 33.3 Å². The average molecular weight is 442 g/mol. The van der Waals surface area contributed by atoms with Crippen LogP contribution in [0.15, 0.2) is 35.7 Å². The molecule has 3 fully saturated rings. The minimum atomic E-state index is -0.750. The summed E-state index contributed by atoms with van der Waals surface area (Å²) in [7, 11) is 0. The first-order valence-electron chi connectivity index (χ1n) is 11.2. The third-order valence-corrected chi connectivity index (χ3v) is 8.58. The molecule has 1 aromatic heterocycles. The van der Waals surface area contributed by atoms with E-state index in [9.17, 15) is 14.7 Å². The van der Waals surface area contributed by atoms with Gasteiger partial charge in [-0.2, -0.15) is 0 Å². The van der Waals surface area contributed by atoms with Gasteiger partial charge in [-0.25, -0.2) is 0 Å². The highest BCUT2D eigenvalue weighted by Gasteiger charge is 2.57. The number of aliphatic carboxylic acids is 1. The Hall–Kier alpha value is -2.34. The first-order chi connectivity index (χ1) is 14.8. The topological polar surface area (TPSA) is 86.6 Å². The van der Waals surface area contributed by atoms with Gasteiger partial charge in [-0.15, -0.1) is 11.3 Å². The van der Waals surface area contributed by atoms with Crippen LogP contribution in [0.4, 0.5) is 0 Å². The van der Waals surface area contributed by atoms with Crippen LogP contribution in [-0.2, 0) is 4.79 Å². The van der Waals surface area contributed by atoms with Gasteiger partial charge in [0.2, 0.25) is 0 Å². The van der Waals surface area contributed by atoms with Crippen molar-refractivity contribution in [3.63, 3.8) is 0 Å². The van der Waals surface area contributed by atoms with Crippen LogP contribution in [0.5, 0.6) is 5.75 Å². The molecule has 1 amide bonds. The average Bonchev–Trinajstić information content (AvgIpc) is 3.16. The van der Waals surface area contributed by atoms with Crippen molar-refractivity contribution < 1.29 is 19.8 Å². The lowest BCUT2D eigenvalue weighted by molar-refractivity contribution is -0.137. The van der Waals surface area contributed by atoms with Crippen molar-refractivity contribution in [3.05, 3.63) is 41.3 Å². The van der Waals surface area contributed by atoms with Crippen LogP contribution in [0.3, 0.4) is 0 Å². The molecule has 0 radical (unpaired) electrons. The maximum absolute atomic E-state index is 13.2. The molecule has 2 bridgehead atoms. The number of phenolic OH excluding ortho intramolecular Hbond substituents is 1. The highest BCUT2D eigenvalue weighted by molar-refractivity contribution is 7.18. The fourth-order valence-corrected chi connectivity index (χ4v) is 6.54. The Morgan fingerprint density at radius 1 is 1.26 bits per heavy atom. The van der Waals surface area contributed by atoms with E-state index in [0.717, 1.165) is 29.3 Å². The van der Waals surface area contributed by atoms with Gasteiger partial charge in [0.15, 0.2) is 0 Å². The predicted octanol–water partition coefficient (Wildman–Crippen LogP) is 5.59. The second kappa shape index (κ2) is 8.65. The van der Waals surface area contributed by atoms with Gasteiger partial charge in [0.25, 0.3) is 5.91 Å². The summed E-state index contributed by atoms with van der Waals surface area (Å²) in [5, 5.41) is 24.8. The highest BCUT2D eigenvalue weighted by Crippen LogP contribution is 2.61. The SMILES string of the molecule is CC1(C)[C@H]2C[C@@H](C/C=C/CCCC(=O)O)[C@@H](NC(=O)c3csc4c(O)cccc34)[C@@H]1C2. The van der Waals surface area contributed by atoms with Crippen molar-refractivity contribution in [2.24, 2.45) is 23.2 Å². The molecule has 6 heteroatoms. The number of rotatable bonds is 8. The number of amides is 1. The van der Waals surface area contributed by atoms with E-state index in [1.165, 1.54) is 17.8 Å². The number of hydrogen-bond donors (Lipinski definition) is 3. The molecular formula is C25H31NO4S. The minimum absolute atomic E-state index is 0.0570. The van der Waals surface area contributed by atoms with Crippen LogP contribution in [0, 0.1) is 23.2 Å². The zero-order valence-corrected chi connectivity index (χ0v) is 19.0. The molecule has 5 rings (SSSR count). The van der Waals surface area contributed by atoms with Crippen molar-refractivity contribution in [2.75, 3.05) is 0 Å². The number of carboxylic acids is 1. The van der Waals surface area contributed by atoms with Crippen molar-refractivity contribution in [3.8, 4) is 5.75 Å². The minimum Gasteiger partial charge on any atom is -0.506 e. The highest BCUT2D eigenvalue weighted by atomic mass is 32.1. The molecule has 1 heterocycles. The first kappa shape index (κ1) is 21.9. The Kier molecular flexibility index (Phi) is 6.11. The number of benzene rings is 1. The summed E-state index contributed by atoms with van der Waals surface area (Å²) in [6, 6.07) is 5.45. The van der Waals surface area contributed by atoms with E-state index in [1.54, 1.807) is 12.1 Å². The number of allylic oxidation sites excluding steroid dienone is 2. The molecule has 5 nitrogen and oxygen atoms in total. The van der Waals surface area contributed by atoms with Gasteiger partial charge in [0.1, 0.15) is 5.75 Å². The van der Waals surface area contributed by atoms with Crippen LogP contribution >= 0.6 is 11.3 Å². The van der Waals surface area contributed by atoms with Crippen LogP contribution in [0.25, 0.3) is 10.1 Å². The molecule has 0 aliphatic heterocycles. The Labute approximate surface area is 187 Å². The molecule has 1 aromatic carbocycles. The number of aromatic hydroxyl groups is 1. The quantitative estimate of drug-likeness (QED) is 0.368. The molecule has 166 valence electrons. The molecule has 4 atom stereocenters. The molecule has 3 N–H and O–H groups in total. The van der Waals surface area contributed by atoms with Gasteiger partial charge in [-0.1, -0.05) is 38.1 Å². The van der Waals surface area contributed by atoms with Gasteiger partial charge < -0.3 is 15.5 Å². The number of carboxylic acid groups (broad SMARTS) is 1. The summed E-state index contributed by atoms with van der Waals surface area (Å²) >= 11 is 1.40. The first-order valence-corrected chi connectivity index (χ1v) is 12.0. The lowest BCUT2D eigenvalue weighted by Crippen LogP contribution is -2.63. The number of thiophene rings is 1. The number of nitrogens with one attached hydrogen (secondary N) is 1. The van der Waals surface area contributed by atoms with E-state index in [-0.39, 0.29) is 29.5 Å². The summed E-state index contributed by atoms with van der Waals surface area (Å²) in [5.74, 6) is 0.982. The molecule has 3 aliphatic rings. The summed E-state index contributed by atoms with van der Waals surface area (Å²) in [6.45, 7) is 4.64. The van der Waals surface area contributed by atoms with E-state index in [2.05, 4.69) is 31.3 Å². The molecule has 31 heavy (non-hydrogen) atoms. The maximum Gasteiger partial charge on any atom is 0.303 e. The number of unbranched alkanes of at least 4 members (excludes halogenated alkanes) is 1. The standard InChI is InChI=1S/C25H31NO4S/c1-25(2)16-12-15(8-5-3-4-6-11-21(28)29)22(19(25)13-16)26-24(30)18-14-31-23-17(18)9-7-10-20(23)27/h3,5,7,9-10,14-16,19,22,27H,4,6,8,11-13H2,1-2H3,(H,26,30)(H,28,29)/b5-3+/t15-,16+,19+,22-/m1/s1. The van der Waals surface area contributed by atoms with E-state index >= 15 is 0 Å². The Morgan fingerprint density at radius 3 is 2.81 bits per heavy atom. The monoisotopic (exact) mass is 441 g/mol. The van der Waals surface area contributed by atoms with Crippen LogP contribution in [0.2, 0.25) is 0 Å². The second-order valence-corrected chi connectivity index (χ2v) is 10.5. The van der Waals surface area contributed by atoms with E-state index in [4.69, 9.17) is 5.11 Å². The van der Waals surface area contributed by atoms with Crippen molar-refractivity contribution in [1.82, 2.24) is 5.32 Å². The Bertz CT molecular complexity index is 1010. The third-order valence-electron chi connectivity index (χ3n) is 7.56. The molecule has 0 spiro atoms. The van der Waals surface area contributed by atoms with E-state index in [1.807, 2.05) is 11.4 Å².